The number of hydrogen-bond acceptors (Lipinski definition) is 3. The number of benzene rings is 8. The SMILES string of the molecule is c1ccc(-c2nc(-c3ccccc3)nc(-n3c4ccccc4c4cc5ccccc5c(-c5ccc6c(c5)c5ccccc5n6-c5ccccc5)c43)n2)cc1. The summed E-state index contributed by atoms with van der Waals surface area (Å²) in [6.45, 7) is 0. The summed E-state index contributed by atoms with van der Waals surface area (Å²) < 4.78 is 4.62. The zero-order chi connectivity index (χ0) is 35.6. The van der Waals surface area contributed by atoms with E-state index >= 15 is 0 Å². The Bertz CT molecular complexity index is 3140. The lowest BCUT2D eigenvalue weighted by molar-refractivity contribution is 0.954. The van der Waals surface area contributed by atoms with E-state index in [1.54, 1.807) is 0 Å². The molecule has 0 aliphatic rings. The Hall–Kier alpha value is -7.37. The molecule has 11 rings (SSSR count). The number of rotatable bonds is 5. The van der Waals surface area contributed by atoms with E-state index in [1.165, 1.54) is 32.6 Å². The third-order valence-electron chi connectivity index (χ3n) is 10.5. The number of para-hydroxylation sites is 3. The number of aromatic nitrogens is 5. The molecule has 0 aliphatic heterocycles. The smallest absolute Gasteiger partial charge is 0.238 e. The highest BCUT2D eigenvalue weighted by Crippen LogP contribution is 2.44. The van der Waals surface area contributed by atoms with Gasteiger partial charge in [-0.05, 0) is 58.8 Å². The first-order valence-corrected chi connectivity index (χ1v) is 18.2. The molecule has 11 aromatic rings. The highest BCUT2D eigenvalue weighted by atomic mass is 15.2. The van der Waals surface area contributed by atoms with Crippen molar-refractivity contribution in [2.24, 2.45) is 0 Å². The summed E-state index contributed by atoms with van der Waals surface area (Å²) in [6, 6.07) is 66.2. The Kier molecular flexibility index (Phi) is 6.79. The largest absolute Gasteiger partial charge is 0.309 e. The average Bonchev–Trinajstić information content (AvgIpc) is 3.76. The lowest BCUT2D eigenvalue weighted by Gasteiger charge is -2.15. The average molecular weight is 690 g/mol. The molecule has 3 heterocycles. The maximum atomic E-state index is 5.25. The fraction of sp³-hybridized carbons (Fsp3) is 0. The van der Waals surface area contributed by atoms with Crippen LogP contribution in [0.1, 0.15) is 0 Å². The minimum atomic E-state index is 0.576. The van der Waals surface area contributed by atoms with Gasteiger partial charge in [-0.1, -0.05) is 146 Å². The van der Waals surface area contributed by atoms with Crippen LogP contribution in [0.2, 0.25) is 0 Å². The summed E-state index contributed by atoms with van der Waals surface area (Å²) in [5.41, 5.74) is 9.73. The molecule has 5 heteroatoms. The second-order valence-electron chi connectivity index (χ2n) is 13.7. The second-order valence-corrected chi connectivity index (χ2v) is 13.7. The van der Waals surface area contributed by atoms with Crippen LogP contribution in [-0.2, 0) is 0 Å². The van der Waals surface area contributed by atoms with E-state index in [2.05, 4.69) is 161 Å². The van der Waals surface area contributed by atoms with Gasteiger partial charge in [0.25, 0.3) is 0 Å². The first kappa shape index (κ1) is 30.3. The molecule has 0 amide bonds. The third kappa shape index (κ3) is 4.69. The second kappa shape index (κ2) is 12.1. The van der Waals surface area contributed by atoms with Crippen LogP contribution in [0.3, 0.4) is 0 Å². The van der Waals surface area contributed by atoms with E-state index in [1.807, 2.05) is 36.4 Å². The number of nitrogens with zero attached hydrogens (tertiary/aromatic N) is 5. The first-order valence-electron chi connectivity index (χ1n) is 18.2. The zero-order valence-corrected chi connectivity index (χ0v) is 29.1. The molecule has 252 valence electrons. The van der Waals surface area contributed by atoms with Crippen molar-refractivity contribution in [2.45, 2.75) is 0 Å². The van der Waals surface area contributed by atoms with Crippen molar-refractivity contribution in [1.29, 1.82) is 0 Å². The van der Waals surface area contributed by atoms with Gasteiger partial charge in [0, 0.05) is 43.9 Å². The summed E-state index contributed by atoms with van der Waals surface area (Å²) >= 11 is 0. The van der Waals surface area contributed by atoms with Crippen molar-refractivity contribution in [3.05, 3.63) is 188 Å². The summed E-state index contributed by atoms with van der Waals surface area (Å²) in [4.78, 5) is 15.5. The fourth-order valence-corrected chi connectivity index (χ4v) is 8.17. The predicted octanol–water partition coefficient (Wildman–Crippen LogP) is 12.2. The molecule has 0 saturated carbocycles. The van der Waals surface area contributed by atoms with E-state index in [4.69, 9.17) is 15.0 Å². The van der Waals surface area contributed by atoms with Crippen LogP contribution in [0.25, 0.3) is 99.9 Å². The molecule has 0 saturated heterocycles. The first-order chi connectivity index (χ1) is 26.8. The molecule has 0 radical (unpaired) electrons. The molecule has 54 heavy (non-hydrogen) atoms. The van der Waals surface area contributed by atoms with Gasteiger partial charge in [-0.25, -0.2) is 4.98 Å². The molecule has 8 aromatic carbocycles. The van der Waals surface area contributed by atoms with Gasteiger partial charge in [0.1, 0.15) is 0 Å². The third-order valence-corrected chi connectivity index (χ3v) is 10.5. The van der Waals surface area contributed by atoms with E-state index in [0.29, 0.717) is 17.6 Å². The van der Waals surface area contributed by atoms with Gasteiger partial charge in [-0.2, -0.15) is 9.97 Å². The van der Waals surface area contributed by atoms with Crippen molar-refractivity contribution in [3.8, 4) is 45.5 Å². The van der Waals surface area contributed by atoms with Gasteiger partial charge in [0.2, 0.25) is 5.95 Å². The molecule has 0 unspecified atom stereocenters. The Morgan fingerprint density at radius 1 is 0.333 bits per heavy atom. The quantitative estimate of drug-likeness (QED) is 0.181. The van der Waals surface area contributed by atoms with Gasteiger partial charge < -0.3 is 4.57 Å². The summed E-state index contributed by atoms with van der Waals surface area (Å²) in [5, 5.41) is 7.06. The topological polar surface area (TPSA) is 48.5 Å². The molecule has 0 N–H and O–H groups in total. The Morgan fingerprint density at radius 2 is 0.852 bits per heavy atom. The highest BCUT2D eigenvalue weighted by molar-refractivity contribution is 6.22. The van der Waals surface area contributed by atoms with Crippen LogP contribution >= 0.6 is 0 Å². The molecule has 0 atom stereocenters. The standard InChI is InChI=1S/C49H31N5/c1-4-16-32(17-5-1)47-50-48(33-18-6-2-7-19-33)52-49(51-47)54-43-27-15-13-25-39(43)41-30-34-20-10-11-23-37(34)45(46(41)54)35-28-29-44-40(31-35)38-24-12-14-26-42(38)53(44)36-21-8-3-9-22-36/h1-31H. The Labute approximate surface area is 311 Å². The van der Waals surface area contributed by atoms with E-state index < -0.39 is 0 Å². The van der Waals surface area contributed by atoms with E-state index in [-0.39, 0.29) is 0 Å². The van der Waals surface area contributed by atoms with Crippen LogP contribution in [0.4, 0.5) is 0 Å². The van der Waals surface area contributed by atoms with Crippen LogP contribution in [0.5, 0.6) is 0 Å². The fourth-order valence-electron chi connectivity index (χ4n) is 8.17. The van der Waals surface area contributed by atoms with Gasteiger partial charge in [0.15, 0.2) is 11.6 Å². The van der Waals surface area contributed by atoms with Crippen LogP contribution in [0.15, 0.2) is 188 Å². The summed E-state index contributed by atoms with van der Waals surface area (Å²) in [7, 11) is 0. The molecular formula is C49H31N5. The van der Waals surface area contributed by atoms with Crippen LogP contribution in [-0.4, -0.2) is 24.1 Å². The van der Waals surface area contributed by atoms with Gasteiger partial charge in [0.05, 0.1) is 22.1 Å². The lowest BCUT2D eigenvalue weighted by Crippen LogP contribution is -2.07. The molecule has 5 nitrogen and oxygen atoms in total. The minimum Gasteiger partial charge on any atom is -0.309 e. The molecule has 0 aliphatic carbocycles. The van der Waals surface area contributed by atoms with Crippen molar-refractivity contribution in [3.63, 3.8) is 0 Å². The van der Waals surface area contributed by atoms with Crippen molar-refractivity contribution < 1.29 is 0 Å². The monoisotopic (exact) mass is 689 g/mol. The van der Waals surface area contributed by atoms with Crippen molar-refractivity contribution in [1.82, 2.24) is 24.1 Å². The highest BCUT2D eigenvalue weighted by Gasteiger charge is 2.23. The summed E-state index contributed by atoms with van der Waals surface area (Å²) in [5.74, 6) is 1.83. The van der Waals surface area contributed by atoms with Crippen molar-refractivity contribution in [2.75, 3.05) is 0 Å². The van der Waals surface area contributed by atoms with Gasteiger partial charge in [-0.3, -0.25) is 4.57 Å². The normalized spacial score (nSPS) is 11.7. The zero-order valence-electron chi connectivity index (χ0n) is 29.1. The van der Waals surface area contributed by atoms with Gasteiger partial charge >= 0.3 is 0 Å². The summed E-state index contributed by atoms with van der Waals surface area (Å²) in [6.07, 6.45) is 0. The number of hydrogen-bond donors (Lipinski definition) is 0. The Balaban J connectivity index is 1.27. The molecular weight excluding hydrogens is 659 g/mol. The number of fused-ring (bicyclic) bond motifs is 7. The van der Waals surface area contributed by atoms with E-state index in [0.717, 1.165) is 49.7 Å². The molecule has 0 spiro atoms. The van der Waals surface area contributed by atoms with Gasteiger partial charge in [-0.15, -0.1) is 0 Å². The maximum absolute atomic E-state index is 5.25. The minimum absolute atomic E-state index is 0.576. The molecule has 3 aromatic heterocycles. The van der Waals surface area contributed by atoms with Crippen LogP contribution in [0, 0.1) is 0 Å². The van der Waals surface area contributed by atoms with E-state index in [9.17, 15) is 0 Å². The van der Waals surface area contributed by atoms with Crippen LogP contribution < -0.4 is 0 Å². The van der Waals surface area contributed by atoms with Crippen molar-refractivity contribution >= 4 is 54.4 Å². The molecule has 0 fully saturated rings. The Morgan fingerprint density at radius 3 is 1.52 bits per heavy atom. The maximum Gasteiger partial charge on any atom is 0.238 e. The lowest BCUT2D eigenvalue weighted by atomic mass is 9.94. The molecule has 0 bridgehead atoms. The predicted molar refractivity (Wildman–Crippen MR) is 222 cm³/mol.